The van der Waals surface area contributed by atoms with Crippen molar-refractivity contribution in [3.8, 4) is 0 Å². The average molecular weight is 956 g/mol. The molecular weight excluding hydrogens is 829 g/mol. The highest BCUT2D eigenvalue weighted by molar-refractivity contribution is 6.04. The quantitative estimate of drug-likeness (QED) is 0.0450. The molecule has 0 spiro atoms. The number of unbranched alkanes of at least 4 members (excludes halogenated alkanes) is 42. The van der Waals surface area contributed by atoms with E-state index in [1.807, 2.05) is 0 Å². The van der Waals surface area contributed by atoms with E-state index in [2.05, 4.69) is 51.3 Å². The standard InChI is InChI=1S/C64H126N2O2/c1-7-13-19-25-31-37-43-49-55-61(63(67)65(57-51-45-39-33-27-21-15-9-3)58-52-46-40-34-28-22-16-10-4)62(56-50-44-38-32-26-20-14-8-2)64(68)66(59-53-47-41-35-29-23-17-11-5)60-54-48-42-36-30-24-18-12-6/h7-60H2,1-6H3/b62-61-. The van der Waals surface area contributed by atoms with Crippen molar-refractivity contribution in [3.05, 3.63) is 11.1 Å². The van der Waals surface area contributed by atoms with Gasteiger partial charge >= 0.3 is 0 Å². The van der Waals surface area contributed by atoms with E-state index in [0.717, 1.165) is 88.7 Å². The normalized spacial score (nSPS) is 12.0. The predicted octanol–water partition coefficient (Wildman–Crippen LogP) is 21.6. The van der Waals surface area contributed by atoms with E-state index in [1.165, 1.54) is 270 Å². The van der Waals surface area contributed by atoms with Crippen molar-refractivity contribution in [2.45, 2.75) is 363 Å². The zero-order valence-corrected chi connectivity index (χ0v) is 47.9. The van der Waals surface area contributed by atoms with E-state index in [0.29, 0.717) is 0 Å². The zero-order chi connectivity index (χ0) is 49.6. The largest absolute Gasteiger partial charge is 0.339 e. The van der Waals surface area contributed by atoms with Crippen LogP contribution >= 0.6 is 0 Å². The first-order chi connectivity index (χ1) is 33.5. The molecule has 0 atom stereocenters. The number of rotatable bonds is 56. The first-order valence-electron chi connectivity index (χ1n) is 31.8. The van der Waals surface area contributed by atoms with E-state index in [1.54, 1.807) is 0 Å². The van der Waals surface area contributed by atoms with Crippen LogP contribution in [-0.2, 0) is 9.59 Å². The molecule has 0 bridgehead atoms. The van der Waals surface area contributed by atoms with Gasteiger partial charge in [0.25, 0.3) is 0 Å². The van der Waals surface area contributed by atoms with Crippen LogP contribution in [0.15, 0.2) is 11.1 Å². The molecule has 0 unspecified atom stereocenters. The van der Waals surface area contributed by atoms with Gasteiger partial charge in [0.05, 0.1) is 0 Å². The Morgan fingerprint density at radius 1 is 0.206 bits per heavy atom. The molecule has 0 aliphatic carbocycles. The van der Waals surface area contributed by atoms with Gasteiger partial charge in [-0.05, 0) is 51.4 Å². The minimum absolute atomic E-state index is 0.237. The third-order valence-corrected chi connectivity index (χ3v) is 15.1. The first kappa shape index (κ1) is 66.7. The molecule has 4 heteroatoms. The molecule has 0 aliphatic rings. The maximum atomic E-state index is 15.5. The summed E-state index contributed by atoms with van der Waals surface area (Å²) in [6.07, 6.45) is 62.6. The molecule has 0 rings (SSSR count). The van der Waals surface area contributed by atoms with E-state index in [4.69, 9.17) is 0 Å². The molecule has 0 aromatic carbocycles. The van der Waals surface area contributed by atoms with Crippen LogP contribution in [0.25, 0.3) is 0 Å². The molecule has 68 heavy (non-hydrogen) atoms. The van der Waals surface area contributed by atoms with Crippen molar-refractivity contribution in [1.29, 1.82) is 0 Å². The lowest BCUT2D eigenvalue weighted by molar-refractivity contribution is -0.130. The molecule has 0 saturated carbocycles. The highest BCUT2D eigenvalue weighted by Crippen LogP contribution is 2.27. The molecule has 2 amide bonds. The summed E-state index contributed by atoms with van der Waals surface area (Å²) >= 11 is 0. The predicted molar refractivity (Wildman–Crippen MR) is 305 cm³/mol. The van der Waals surface area contributed by atoms with Crippen molar-refractivity contribution in [2.75, 3.05) is 26.2 Å². The number of amides is 2. The highest BCUT2D eigenvalue weighted by Gasteiger charge is 2.27. The van der Waals surface area contributed by atoms with Gasteiger partial charge < -0.3 is 9.80 Å². The SMILES string of the molecule is CCCCCCCCCC/C(C(=O)N(CCCCCCCCCC)CCCCCCCCCC)=C(\CCCCCCCCCC)C(=O)N(CCCCCCCCCC)CCCCCCCCCC. The van der Waals surface area contributed by atoms with Crippen molar-refractivity contribution in [3.63, 3.8) is 0 Å². The lowest BCUT2D eigenvalue weighted by atomic mass is 9.93. The Morgan fingerprint density at radius 3 is 0.529 bits per heavy atom. The van der Waals surface area contributed by atoms with Gasteiger partial charge in [0, 0.05) is 37.3 Å². The van der Waals surface area contributed by atoms with E-state index < -0.39 is 0 Å². The minimum Gasteiger partial charge on any atom is -0.339 e. The average Bonchev–Trinajstić information content (AvgIpc) is 3.34. The van der Waals surface area contributed by atoms with Crippen LogP contribution < -0.4 is 0 Å². The fraction of sp³-hybridized carbons (Fsp3) is 0.938. The third kappa shape index (κ3) is 42.4. The van der Waals surface area contributed by atoms with Gasteiger partial charge in [-0.1, -0.05) is 311 Å². The second kappa shape index (κ2) is 55.0. The Kier molecular flexibility index (Phi) is 53.9. The molecule has 404 valence electrons. The van der Waals surface area contributed by atoms with Crippen LogP contribution in [0.3, 0.4) is 0 Å². The van der Waals surface area contributed by atoms with Crippen molar-refractivity contribution in [1.82, 2.24) is 9.80 Å². The zero-order valence-electron chi connectivity index (χ0n) is 47.9. The Morgan fingerprint density at radius 2 is 0.353 bits per heavy atom. The molecule has 0 fully saturated rings. The summed E-state index contributed by atoms with van der Waals surface area (Å²) in [5.74, 6) is 0.474. The van der Waals surface area contributed by atoms with Crippen molar-refractivity contribution < 1.29 is 9.59 Å². The lowest BCUT2D eigenvalue weighted by Crippen LogP contribution is -2.38. The van der Waals surface area contributed by atoms with Crippen molar-refractivity contribution >= 4 is 11.8 Å². The molecule has 0 aromatic heterocycles. The van der Waals surface area contributed by atoms with Gasteiger partial charge in [0.15, 0.2) is 0 Å². The molecule has 0 aromatic rings. The highest BCUT2D eigenvalue weighted by atomic mass is 16.2. The molecule has 0 N–H and O–H groups in total. The second-order valence-corrected chi connectivity index (χ2v) is 21.9. The van der Waals surface area contributed by atoms with E-state index >= 15 is 9.59 Å². The summed E-state index contributed by atoms with van der Waals surface area (Å²) in [6, 6.07) is 0. The summed E-state index contributed by atoms with van der Waals surface area (Å²) in [5.41, 5.74) is 1.86. The number of carbonyl (C=O) groups is 2. The maximum absolute atomic E-state index is 15.5. The van der Waals surface area contributed by atoms with Gasteiger partial charge in [-0.3, -0.25) is 9.59 Å². The maximum Gasteiger partial charge on any atom is 0.250 e. The van der Waals surface area contributed by atoms with Gasteiger partial charge in [-0.2, -0.15) is 0 Å². The van der Waals surface area contributed by atoms with Crippen LogP contribution in [0.4, 0.5) is 0 Å². The van der Waals surface area contributed by atoms with Gasteiger partial charge in [-0.25, -0.2) is 0 Å². The van der Waals surface area contributed by atoms with Gasteiger partial charge in [-0.15, -0.1) is 0 Å². The smallest absolute Gasteiger partial charge is 0.250 e. The van der Waals surface area contributed by atoms with Crippen molar-refractivity contribution in [2.24, 2.45) is 0 Å². The number of carbonyl (C=O) groups excluding carboxylic acids is 2. The molecule has 0 aliphatic heterocycles. The second-order valence-electron chi connectivity index (χ2n) is 21.9. The molecule has 0 saturated heterocycles. The molecule has 0 heterocycles. The first-order valence-corrected chi connectivity index (χ1v) is 31.8. The monoisotopic (exact) mass is 955 g/mol. The van der Waals surface area contributed by atoms with Gasteiger partial charge in [0.1, 0.15) is 0 Å². The molecule has 0 radical (unpaired) electrons. The fourth-order valence-corrected chi connectivity index (χ4v) is 10.4. The van der Waals surface area contributed by atoms with E-state index in [9.17, 15) is 0 Å². The van der Waals surface area contributed by atoms with E-state index in [-0.39, 0.29) is 11.8 Å². The van der Waals surface area contributed by atoms with Crippen LogP contribution in [0.1, 0.15) is 363 Å². The Bertz CT molecular complexity index is 946. The Hall–Kier alpha value is -1.32. The van der Waals surface area contributed by atoms with Crippen LogP contribution in [0.5, 0.6) is 0 Å². The number of hydrogen-bond acceptors (Lipinski definition) is 2. The summed E-state index contributed by atoms with van der Waals surface area (Å²) in [7, 11) is 0. The number of hydrogen-bond donors (Lipinski definition) is 0. The number of nitrogens with zero attached hydrogens (tertiary/aromatic N) is 2. The Labute approximate surface area is 429 Å². The summed E-state index contributed by atoms with van der Waals surface area (Å²) in [6.45, 7) is 17.2. The topological polar surface area (TPSA) is 40.6 Å². The summed E-state index contributed by atoms with van der Waals surface area (Å²) in [4.78, 5) is 35.5. The van der Waals surface area contributed by atoms with Crippen LogP contribution in [-0.4, -0.2) is 47.8 Å². The Balaban J connectivity index is 6.78. The third-order valence-electron chi connectivity index (χ3n) is 15.1. The minimum atomic E-state index is 0.237. The summed E-state index contributed by atoms with van der Waals surface area (Å²) in [5, 5.41) is 0. The fourth-order valence-electron chi connectivity index (χ4n) is 10.4. The molecule has 4 nitrogen and oxygen atoms in total. The lowest BCUT2D eigenvalue weighted by Gasteiger charge is -2.29. The van der Waals surface area contributed by atoms with Crippen LogP contribution in [0.2, 0.25) is 0 Å². The summed E-state index contributed by atoms with van der Waals surface area (Å²) < 4.78 is 0. The van der Waals surface area contributed by atoms with Crippen LogP contribution in [0, 0.1) is 0 Å². The molecular formula is C64H126N2O2. The van der Waals surface area contributed by atoms with Gasteiger partial charge in [0.2, 0.25) is 11.8 Å².